The molecule has 0 radical (unpaired) electrons. The van der Waals surface area contributed by atoms with Gasteiger partial charge in [-0.25, -0.2) is 9.78 Å². The lowest BCUT2D eigenvalue weighted by Gasteiger charge is -2.13. The van der Waals surface area contributed by atoms with Crippen LogP contribution >= 0.6 is 0 Å². The van der Waals surface area contributed by atoms with Crippen LogP contribution in [0.4, 0.5) is 0 Å². The SMILES string of the molecule is NC(C(=O)OCc1ccccc1)c1nc(C(=O)NCc2cccc3ccccc23)c(O)c(=O)[nH]1. The van der Waals surface area contributed by atoms with Gasteiger partial charge in [-0.1, -0.05) is 72.8 Å². The molecule has 1 aromatic heterocycles. The maximum atomic E-state index is 12.7. The fourth-order valence-electron chi connectivity index (χ4n) is 3.43. The van der Waals surface area contributed by atoms with Crippen LogP contribution in [0.25, 0.3) is 10.8 Å². The Morgan fingerprint density at radius 1 is 1.03 bits per heavy atom. The zero-order valence-corrected chi connectivity index (χ0v) is 18.0. The molecule has 34 heavy (non-hydrogen) atoms. The van der Waals surface area contributed by atoms with Gasteiger partial charge < -0.3 is 25.9 Å². The molecular weight excluding hydrogens is 436 g/mol. The number of carbonyl (C=O) groups excluding carboxylic acids is 2. The molecule has 4 rings (SSSR count). The van der Waals surface area contributed by atoms with E-state index in [9.17, 15) is 19.5 Å². The molecule has 4 aromatic rings. The predicted octanol–water partition coefficient (Wildman–Crippen LogP) is 2.30. The van der Waals surface area contributed by atoms with Crippen LogP contribution in [0.3, 0.4) is 0 Å². The molecule has 0 saturated heterocycles. The van der Waals surface area contributed by atoms with Crippen LogP contribution in [0, 0.1) is 0 Å². The number of hydrogen-bond acceptors (Lipinski definition) is 7. The van der Waals surface area contributed by atoms with E-state index in [2.05, 4.69) is 15.3 Å². The van der Waals surface area contributed by atoms with Crippen molar-refractivity contribution in [2.75, 3.05) is 0 Å². The minimum atomic E-state index is -1.46. The third-order valence-electron chi connectivity index (χ3n) is 5.22. The van der Waals surface area contributed by atoms with Gasteiger partial charge in [0.05, 0.1) is 0 Å². The van der Waals surface area contributed by atoms with Crippen LogP contribution in [0.15, 0.2) is 77.6 Å². The van der Waals surface area contributed by atoms with E-state index in [-0.39, 0.29) is 19.0 Å². The van der Waals surface area contributed by atoms with Crippen molar-refractivity contribution in [1.82, 2.24) is 15.3 Å². The summed E-state index contributed by atoms with van der Waals surface area (Å²) in [6, 6.07) is 20.9. The molecule has 0 aliphatic rings. The van der Waals surface area contributed by atoms with Crippen molar-refractivity contribution in [3.63, 3.8) is 0 Å². The number of carbonyl (C=O) groups is 2. The first-order chi connectivity index (χ1) is 16.4. The number of rotatable bonds is 7. The maximum Gasteiger partial charge on any atom is 0.331 e. The zero-order chi connectivity index (χ0) is 24.1. The smallest absolute Gasteiger partial charge is 0.331 e. The first-order valence-corrected chi connectivity index (χ1v) is 10.5. The highest BCUT2D eigenvalue weighted by Gasteiger charge is 2.25. The Balaban J connectivity index is 1.49. The number of H-pyrrole nitrogens is 1. The van der Waals surface area contributed by atoms with E-state index in [1.165, 1.54) is 0 Å². The van der Waals surface area contributed by atoms with Crippen LogP contribution in [0.2, 0.25) is 0 Å². The second kappa shape index (κ2) is 9.97. The number of amides is 1. The number of esters is 1. The summed E-state index contributed by atoms with van der Waals surface area (Å²) in [5.41, 5.74) is 5.96. The summed E-state index contributed by atoms with van der Waals surface area (Å²) >= 11 is 0. The minimum absolute atomic E-state index is 0.0198. The number of nitrogens with two attached hydrogens (primary N) is 1. The summed E-state index contributed by atoms with van der Waals surface area (Å²) < 4.78 is 5.17. The van der Waals surface area contributed by atoms with Crippen LogP contribution in [-0.4, -0.2) is 27.0 Å². The Labute approximate surface area is 194 Å². The molecular formula is C25H22N4O5. The fraction of sp³-hybridized carbons (Fsp3) is 0.120. The van der Waals surface area contributed by atoms with Crippen molar-refractivity contribution < 1.29 is 19.4 Å². The van der Waals surface area contributed by atoms with E-state index < -0.39 is 34.9 Å². The van der Waals surface area contributed by atoms with Crippen LogP contribution in [-0.2, 0) is 22.7 Å². The molecule has 0 aliphatic heterocycles. The van der Waals surface area contributed by atoms with Gasteiger partial charge in [-0.15, -0.1) is 0 Å². The summed E-state index contributed by atoms with van der Waals surface area (Å²) in [6.07, 6.45) is 0. The number of ether oxygens (including phenoxy) is 1. The van der Waals surface area contributed by atoms with Crippen molar-refractivity contribution in [1.29, 1.82) is 0 Å². The van der Waals surface area contributed by atoms with Crippen molar-refractivity contribution in [2.24, 2.45) is 5.73 Å². The highest BCUT2D eigenvalue weighted by atomic mass is 16.5. The lowest BCUT2D eigenvalue weighted by atomic mass is 10.0. The van der Waals surface area contributed by atoms with Gasteiger partial charge in [0.25, 0.3) is 11.5 Å². The van der Waals surface area contributed by atoms with Gasteiger partial charge in [0.1, 0.15) is 12.4 Å². The van der Waals surface area contributed by atoms with Crippen molar-refractivity contribution in [2.45, 2.75) is 19.2 Å². The molecule has 0 aliphatic carbocycles. The van der Waals surface area contributed by atoms with Gasteiger partial charge in [-0.3, -0.25) is 9.59 Å². The Kier molecular flexibility index (Phi) is 6.65. The number of benzene rings is 3. The molecule has 1 atom stereocenters. The van der Waals surface area contributed by atoms with Crippen molar-refractivity contribution in [3.8, 4) is 5.75 Å². The highest BCUT2D eigenvalue weighted by Crippen LogP contribution is 2.19. The van der Waals surface area contributed by atoms with Gasteiger partial charge in [-0.2, -0.15) is 0 Å². The van der Waals surface area contributed by atoms with E-state index in [0.29, 0.717) is 0 Å². The summed E-state index contributed by atoms with van der Waals surface area (Å²) in [5, 5.41) is 14.7. The third kappa shape index (κ3) is 4.94. The number of nitrogens with one attached hydrogen (secondary N) is 2. The molecule has 3 aromatic carbocycles. The number of fused-ring (bicyclic) bond motifs is 1. The zero-order valence-electron chi connectivity index (χ0n) is 18.0. The second-order valence-corrected chi connectivity index (χ2v) is 7.54. The fourth-order valence-corrected chi connectivity index (χ4v) is 3.43. The largest absolute Gasteiger partial charge is 0.501 e. The van der Waals surface area contributed by atoms with Gasteiger partial charge in [0.15, 0.2) is 11.7 Å². The molecule has 0 bridgehead atoms. The third-order valence-corrected chi connectivity index (χ3v) is 5.22. The summed E-state index contributed by atoms with van der Waals surface area (Å²) in [7, 11) is 0. The van der Waals surface area contributed by atoms with E-state index in [4.69, 9.17) is 10.5 Å². The molecule has 0 fully saturated rings. The average Bonchev–Trinajstić information content (AvgIpc) is 2.87. The first kappa shape index (κ1) is 22.7. The summed E-state index contributed by atoms with van der Waals surface area (Å²) in [6.45, 7) is 0.114. The predicted molar refractivity (Wildman–Crippen MR) is 125 cm³/mol. The molecule has 1 amide bonds. The lowest BCUT2D eigenvalue weighted by Crippen LogP contribution is -2.31. The molecule has 1 heterocycles. The Hall–Kier alpha value is -4.50. The van der Waals surface area contributed by atoms with E-state index in [0.717, 1.165) is 21.9 Å². The van der Waals surface area contributed by atoms with Crippen LogP contribution < -0.4 is 16.6 Å². The number of nitrogens with zero attached hydrogens (tertiary/aromatic N) is 1. The molecule has 0 saturated carbocycles. The van der Waals surface area contributed by atoms with Gasteiger partial charge in [0, 0.05) is 6.54 Å². The second-order valence-electron chi connectivity index (χ2n) is 7.54. The Morgan fingerprint density at radius 2 is 1.74 bits per heavy atom. The lowest BCUT2D eigenvalue weighted by molar-refractivity contribution is -0.146. The summed E-state index contributed by atoms with van der Waals surface area (Å²) in [4.78, 5) is 43.4. The average molecular weight is 458 g/mol. The van der Waals surface area contributed by atoms with Crippen LogP contribution in [0.1, 0.15) is 33.5 Å². The topological polar surface area (TPSA) is 147 Å². The van der Waals surface area contributed by atoms with Gasteiger partial charge in [0.2, 0.25) is 5.75 Å². The standard InChI is InChI=1S/C25H22N4O5/c26-19(25(33)34-14-15-7-2-1-3-8-15)22-28-20(21(30)24(32)29-22)23(31)27-13-17-11-6-10-16-9-4-5-12-18(16)17/h1-12,19,30H,13-14,26H2,(H,27,31)(H,28,29,32). The summed E-state index contributed by atoms with van der Waals surface area (Å²) in [5.74, 6) is -2.80. The van der Waals surface area contributed by atoms with Gasteiger partial charge >= 0.3 is 5.97 Å². The quantitative estimate of drug-likeness (QED) is 0.311. The van der Waals surface area contributed by atoms with Crippen molar-refractivity contribution >= 4 is 22.6 Å². The maximum absolute atomic E-state index is 12.7. The Bertz CT molecular complexity index is 1400. The van der Waals surface area contributed by atoms with Gasteiger partial charge in [-0.05, 0) is 21.9 Å². The molecule has 0 spiro atoms. The van der Waals surface area contributed by atoms with E-state index in [1.807, 2.05) is 48.5 Å². The normalized spacial score (nSPS) is 11.7. The Morgan fingerprint density at radius 3 is 2.53 bits per heavy atom. The number of aromatic nitrogens is 2. The molecule has 172 valence electrons. The van der Waals surface area contributed by atoms with E-state index >= 15 is 0 Å². The van der Waals surface area contributed by atoms with E-state index in [1.54, 1.807) is 24.3 Å². The van der Waals surface area contributed by atoms with Crippen LogP contribution in [0.5, 0.6) is 5.75 Å². The van der Waals surface area contributed by atoms with Crippen molar-refractivity contribution in [3.05, 3.63) is 106 Å². The molecule has 9 heteroatoms. The number of hydrogen-bond donors (Lipinski definition) is 4. The minimum Gasteiger partial charge on any atom is -0.501 e. The highest BCUT2D eigenvalue weighted by molar-refractivity contribution is 5.95. The molecule has 9 nitrogen and oxygen atoms in total. The monoisotopic (exact) mass is 458 g/mol. The number of aromatic amines is 1. The number of aromatic hydroxyl groups is 1. The molecule has 5 N–H and O–H groups in total. The first-order valence-electron chi connectivity index (χ1n) is 10.5. The molecule has 1 unspecified atom stereocenters.